The summed E-state index contributed by atoms with van der Waals surface area (Å²) in [5.41, 5.74) is 9.51. The van der Waals surface area contributed by atoms with Gasteiger partial charge in [0.15, 0.2) is 0 Å². The first-order valence-corrected chi connectivity index (χ1v) is 19.8. The van der Waals surface area contributed by atoms with E-state index in [1.54, 1.807) is 0 Å². The first-order chi connectivity index (χ1) is 25.6. The second-order valence-electron chi connectivity index (χ2n) is 14.0. The van der Waals surface area contributed by atoms with E-state index in [0.717, 1.165) is 56.2 Å². The molecule has 0 saturated carbocycles. The van der Waals surface area contributed by atoms with Crippen molar-refractivity contribution in [2.45, 2.75) is 111 Å². The van der Waals surface area contributed by atoms with Gasteiger partial charge in [0, 0.05) is 46.1 Å². The number of allylic oxidation sites excluding steroid dienone is 13. The topological polar surface area (TPSA) is 34.6 Å². The largest absolute Gasteiger partial charge is 0.314 e. The highest BCUT2D eigenvalue weighted by Crippen LogP contribution is 2.41. The molecule has 0 aliphatic heterocycles. The van der Waals surface area contributed by atoms with Gasteiger partial charge in [-0.15, -0.1) is 0 Å². The van der Waals surface area contributed by atoms with E-state index in [-0.39, 0.29) is 0 Å². The van der Waals surface area contributed by atoms with E-state index in [4.69, 9.17) is 4.99 Å². The molecule has 0 fully saturated rings. The summed E-state index contributed by atoms with van der Waals surface area (Å²) in [6, 6.07) is 4.61. The average Bonchev–Trinajstić information content (AvgIpc) is 3.48. The van der Waals surface area contributed by atoms with Crippen LogP contribution in [0.4, 0.5) is 0 Å². The standard InChI is InChI=1S/C48H60N4/c1-6-9-11-13-14-15-16-17-18-22-29-38(4)37-50-48(49-5)52-45-34-27-21-25-32-41(45)43-36-35-42-40-31-24-19-20-26-33-44(40)51(46(42)47(43)52)39(28-8-3)30-23-12-10-7-2/h8,12,18,20,22-29,31-32,34-36H,3,5-7,9-11,13-17,19,21,30,33,37H2,1-2,4H3/b22-18-,23-12-,26-20-,31-24-,38-29+,39-28+,50-48?. The van der Waals surface area contributed by atoms with Crippen LogP contribution in [0.3, 0.4) is 0 Å². The molecule has 0 spiro atoms. The van der Waals surface area contributed by atoms with Crippen LogP contribution in [0.1, 0.15) is 127 Å². The van der Waals surface area contributed by atoms with Crippen molar-refractivity contribution in [2.24, 2.45) is 9.98 Å². The van der Waals surface area contributed by atoms with Gasteiger partial charge in [0.2, 0.25) is 5.96 Å². The number of hydrogen-bond acceptors (Lipinski definition) is 1. The third kappa shape index (κ3) is 9.39. The number of fused-ring (bicyclic) bond motifs is 7. The summed E-state index contributed by atoms with van der Waals surface area (Å²) in [7, 11) is 0. The summed E-state index contributed by atoms with van der Waals surface area (Å²) >= 11 is 0. The summed E-state index contributed by atoms with van der Waals surface area (Å²) in [6.45, 7) is 15.4. The first-order valence-electron chi connectivity index (χ1n) is 19.8. The maximum atomic E-state index is 5.15. The normalized spacial score (nSPS) is 16.4. The van der Waals surface area contributed by atoms with E-state index in [0.29, 0.717) is 12.5 Å². The Balaban J connectivity index is 1.61. The molecule has 2 aromatic heterocycles. The molecule has 0 amide bonds. The monoisotopic (exact) mass is 692 g/mol. The lowest BCUT2D eigenvalue weighted by atomic mass is 10.0. The average molecular weight is 693 g/mol. The van der Waals surface area contributed by atoms with Gasteiger partial charge in [0.1, 0.15) is 0 Å². The van der Waals surface area contributed by atoms with Crippen molar-refractivity contribution in [1.29, 1.82) is 0 Å². The van der Waals surface area contributed by atoms with Gasteiger partial charge in [-0.1, -0.05) is 162 Å². The van der Waals surface area contributed by atoms with Crippen LogP contribution in [0.15, 0.2) is 107 Å². The fourth-order valence-corrected chi connectivity index (χ4v) is 7.35. The van der Waals surface area contributed by atoms with Crippen LogP contribution < -0.4 is 0 Å². The molecule has 0 unspecified atom stereocenters. The molecule has 0 saturated heterocycles. The van der Waals surface area contributed by atoms with Gasteiger partial charge >= 0.3 is 0 Å². The zero-order valence-electron chi connectivity index (χ0n) is 32.1. The highest BCUT2D eigenvalue weighted by Gasteiger charge is 2.26. The smallest absolute Gasteiger partial charge is 0.229 e. The molecule has 0 radical (unpaired) electrons. The zero-order chi connectivity index (χ0) is 36.5. The summed E-state index contributed by atoms with van der Waals surface area (Å²) < 4.78 is 4.76. The van der Waals surface area contributed by atoms with Crippen LogP contribution in [0.25, 0.3) is 45.7 Å². The zero-order valence-corrected chi connectivity index (χ0v) is 32.1. The molecule has 0 N–H and O–H groups in total. The Bertz CT molecular complexity index is 1970. The van der Waals surface area contributed by atoms with Gasteiger partial charge in [-0.05, 0) is 57.9 Å². The van der Waals surface area contributed by atoms with Crippen LogP contribution in [0.2, 0.25) is 0 Å². The number of aliphatic imine (C=N–C) groups is 2. The maximum absolute atomic E-state index is 5.15. The lowest BCUT2D eigenvalue weighted by Crippen LogP contribution is -2.13. The van der Waals surface area contributed by atoms with Crippen LogP contribution in [-0.4, -0.2) is 28.4 Å². The van der Waals surface area contributed by atoms with Crippen molar-refractivity contribution < 1.29 is 0 Å². The predicted molar refractivity (Wildman–Crippen MR) is 233 cm³/mol. The number of hydrogen-bond donors (Lipinski definition) is 0. The molecule has 3 aromatic rings. The summed E-state index contributed by atoms with van der Waals surface area (Å²) in [4.78, 5) is 9.78. The van der Waals surface area contributed by atoms with Crippen molar-refractivity contribution in [3.05, 3.63) is 120 Å². The van der Waals surface area contributed by atoms with Gasteiger partial charge in [0.05, 0.1) is 23.3 Å². The molecule has 2 heterocycles. The molecule has 4 heteroatoms. The molecule has 2 aliphatic carbocycles. The first kappa shape index (κ1) is 38.5. The van der Waals surface area contributed by atoms with E-state index in [1.165, 1.54) is 89.3 Å². The molecule has 0 bridgehead atoms. The Morgan fingerprint density at radius 2 is 1.46 bits per heavy atom. The van der Waals surface area contributed by atoms with Gasteiger partial charge in [-0.25, -0.2) is 9.98 Å². The number of nitrogens with zero attached hydrogens (tertiary/aromatic N) is 4. The van der Waals surface area contributed by atoms with E-state index in [2.05, 4.69) is 145 Å². The molecule has 0 atom stereocenters. The maximum Gasteiger partial charge on any atom is 0.229 e. The highest BCUT2D eigenvalue weighted by atomic mass is 15.2. The van der Waals surface area contributed by atoms with Crippen LogP contribution in [0, 0.1) is 0 Å². The number of aromatic nitrogens is 2. The minimum absolute atomic E-state index is 0.551. The second-order valence-corrected chi connectivity index (χ2v) is 14.0. The van der Waals surface area contributed by atoms with E-state index in [1.807, 2.05) is 6.08 Å². The molecule has 5 rings (SSSR count). The van der Waals surface area contributed by atoms with Gasteiger partial charge in [-0.3, -0.25) is 4.57 Å². The molecular weight excluding hydrogens is 633 g/mol. The number of rotatable bonds is 17. The van der Waals surface area contributed by atoms with Crippen molar-refractivity contribution in [3.8, 4) is 0 Å². The molecule has 272 valence electrons. The lowest BCUT2D eigenvalue weighted by molar-refractivity contribution is 0.592. The van der Waals surface area contributed by atoms with Crippen LogP contribution >= 0.6 is 0 Å². The van der Waals surface area contributed by atoms with Gasteiger partial charge < -0.3 is 4.57 Å². The minimum Gasteiger partial charge on any atom is -0.314 e. The predicted octanol–water partition coefficient (Wildman–Crippen LogP) is 13.9. The number of unbranched alkanes of at least 4 members (excludes halogenated alkanes) is 8. The lowest BCUT2D eigenvalue weighted by Gasteiger charge is -2.16. The van der Waals surface area contributed by atoms with E-state index >= 15 is 0 Å². The van der Waals surface area contributed by atoms with E-state index < -0.39 is 0 Å². The van der Waals surface area contributed by atoms with Crippen molar-refractivity contribution in [1.82, 2.24) is 9.13 Å². The molecule has 2 aliphatic rings. The van der Waals surface area contributed by atoms with E-state index in [9.17, 15) is 0 Å². The summed E-state index contributed by atoms with van der Waals surface area (Å²) in [5, 5.41) is 2.42. The highest BCUT2D eigenvalue weighted by molar-refractivity contribution is 6.16. The Kier molecular flexibility index (Phi) is 15.1. The number of benzene rings is 1. The summed E-state index contributed by atoms with van der Waals surface area (Å²) in [5.74, 6) is 0.617. The van der Waals surface area contributed by atoms with Gasteiger partial charge in [-0.2, -0.15) is 0 Å². The van der Waals surface area contributed by atoms with Crippen LogP contribution in [0.5, 0.6) is 0 Å². The Labute approximate surface area is 313 Å². The third-order valence-corrected chi connectivity index (χ3v) is 9.99. The molecule has 4 nitrogen and oxygen atoms in total. The van der Waals surface area contributed by atoms with Crippen molar-refractivity contribution in [3.63, 3.8) is 0 Å². The quantitative estimate of drug-likeness (QED) is 0.0444. The van der Waals surface area contributed by atoms with Crippen molar-refractivity contribution in [2.75, 3.05) is 6.54 Å². The fourth-order valence-electron chi connectivity index (χ4n) is 7.35. The fraction of sp³-hybridized carbons (Fsp3) is 0.375. The molecule has 1 aromatic carbocycles. The summed E-state index contributed by atoms with van der Waals surface area (Å²) in [6.07, 6.45) is 49.7. The molecular formula is C48H60N4. The second kappa shape index (κ2) is 20.4. The third-order valence-electron chi connectivity index (χ3n) is 9.99. The Morgan fingerprint density at radius 1 is 0.750 bits per heavy atom. The Hall–Kier alpha value is -4.70. The van der Waals surface area contributed by atoms with Gasteiger partial charge in [0.25, 0.3) is 0 Å². The minimum atomic E-state index is 0.551. The SMILES string of the molecule is C=C/C=C(\C/C=C\CCC)n1c2c(c3ccc4c5c(n(C(N=C)=NC/C(C)=C/C=C\CCCCCCCCC)c4c31)C=CCC=C5)/C=C\C/C=C\C2. The van der Waals surface area contributed by atoms with Crippen LogP contribution in [-0.2, 0) is 6.42 Å². The van der Waals surface area contributed by atoms with Crippen molar-refractivity contribution >= 4 is 58.4 Å². The Morgan fingerprint density at radius 3 is 2.23 bits per heavy atom. The molecule has 52 heavy (non-hydrogen) atoms.